The van der Waals surface area contributed by atoms with Crippen LogP contribution in [0.2, 0.25) is 0 Å². The zero-order valence-corrected chi connectivity index (χ0v) is 12.7. The van der Waals surface area contributed by atoms with Gasteiger partial charge in [0.1, 0.15) is 0 Å². The van der Waals surface area contributed by atoms with Crippen molar-refractivity contribution >= 4 is 0 Å². The molecule has 0 aliphatic carbocycles. The van der Waals surface area contributed by atoms with Gasteiger partial charge in [-0.1, -0.05) is 0 Å². The van der Waals surface area contributed by atoms with E-state index in [9.17, 15) is 0 Å². The van der Waals surface area contributed by atoms with Gasteiger partial charge in [0.2, 0.25) is 0 Å². The van der Waals surface area contributed by atoms with Crippen molar-refractivity contribution in [1.29, 1.82) is 0 Å². The summed E-state index contributed by atoms with van der Waals surface area (Å²) >= 11 is -0.0208. The summed E-state index contributed by atoms with van der Waals surface area (Å²) in [6.45, 7) is 6.77. The van der Waals surface area contributed by atoms with Gasteiger partial charge in [-0.2, -0.15) is 0 Å². The zero-order chi connectivity index (χ0) is 12.3. The second-order valence-corrected chi connectivity index (χ2v) is 8.18. The molecule has 90 valence electrons. The first-order chi connectivity index (χ1) is 8.05. The van der Waals surface area contributed by atoms with E-state index in [0.29, 0.717) is 0 Å². The van der Waals surface area contributed by atoms with E-state index in [4.69, 9.17) is 0 Å². The minimum atomic E-state index is -0.0208. The van der Waals surface area contributed by atoms with Crippen LogP contribution in [0.5, 0.6) is 0 Å². The zero-order valence-electron chi connectivity index (χ0n) is 10.6. The monoisotopic (exact) mass is 337 g/mol. The van der Waals surface area contributed by atoms with Gasteiger partial charge < -0.3 is 0 Å². The standard InChI is InChI=1S/C16H18I/c1-16(2,3)13-9-11-15(12-10-13)17-14-7-5-4-6-8-14/h4-12H,1-3H3/q-1. The van der Waals surface area contributed by atoms with E-state index in [1.807, 2.05) is 0 Å². The van der Waals surface area contributed by atoms with Gasteiger partial charge >= 0.3 is 115 Å². The molecule has 0 aromatic heterocycles. The summed E-state index contributed by atoms with van der Waals surface area (Å²) in [6, 6.07) is 19.9. The van der Waals surface area contributed by atoms with Crippen LogP contribution < -0.4 is 21.2 Å². The maximum atomic E-state index is 2.29. The van der Waals surface area contributed by atoms with Crippen LogP contribution in [0.25, 0.3) is 0 Å². The van der Waals surface area contributed by atoms with Crippen LogP contribution >= 0.6 is 0 Å². The van der Waals surface area contributed by atoms with Crippen LogP contribution in [0.3, 0.4) is 0 Å². The van der Waals surface area contributed by atoms with E-state index in [1.165, 1.54) is 12.7 Å². The molecule has 0 bridgehead atoms. The van der Waals surface area contributed by atoms with Crippen LogP contribution in [-0.2, 0) is 5.41 Å². The summed E-state index contributed by atoms with van der Waals surface area (Å²) < 4.78 is 2.97. The molecule has 0 radical (unpaired) electrons. The van der Waals surface area contributed by atoms with Crippen molar-refractivity contribution in [3.05, 3.63) is 67.3 Å². The Hall–Kier alpha value is -0.830. The minimum absolute atomic E-state index is 0.0208. The van der Waals surface area contributed by atoms with Crippen LogP contribution in [0.4, 0.5) is 0 Å². The first kappa shape index (κ1) is 12.6. The molecule has 0 aliphatic heterocycles. The topological polar surface area (TPSA) is 0 Å². The third-order valence-electron chi connectivity index (χ3n) is 2.66. The molecule has 0 N–H and O–H groups in total. The molecule has 0 spiro atoms. The number of hydrogen-bond donors (Lipinski definition) is 0. The number of hydrogen-bond acceptors (Lipinski definition) is 0. The van der Waals surface area contributed by atoms with Crippen molar-refractivity contribution in [1.82, 2.24) is 0 Å². The van der Waals surface area contributed by atoms with Crippen LogP contribution in [0, 0.1) is 7.14 Å². The predicted octanol–water partition coefficient (Wildman–Crippen LogP) is 1.11. The molecule has 2 rings (SSSR count). The molecule has 0 unspecified atom stereocenters. The quantitative estimate of drug-likeness (QED) is 0.721. The third kappa shape index (κ3) is 3.56. The average molecular weight is 337 g/mol. The molecule has 2 aromatic rings. The summed E-state index contributed by atoms with van der Waals surface area (Å²) in [6.07, 6.45) is 0. The summed E-state index contributed by atoms with van der Waals surface area (Å²) in [5, 5.41) is 0. The molecule has 2 aromatic carbocycles. The molecule has 0 atom stereocenters. The van der Waals surface area contributed by atoms with Crippen molar-refractivity contribution in [2.75, 3.05) is 0 Å². The second-order valence-electron chi connectivity index (χ2n) is 5.15. The first-order valence-electron chi connectivity index (χ1n) is 5.86. The normalized spacial score (nSPS) is 11.7. The summed E-state index contributed by atoms with van der Waals surface area (Å²) in [5.41, 5.74) is 1.67. The summed E-state index contributed by atoms with van der Waals surface area (Å²) in [5.74, 6) is 0. The summed E-state index contributed by atoms with van der Waals surface area (Å²) in [7, 11) is 0. The van der Waals surface area contributed by atoms with E-state index in [2.05, 4.69) is 75.4 Å². The van der Waals surface area contributed by atoms with Crippen LogP contribution in [0.15, 0.2) is 54.6 Å². The molecule has 0 aliphatic rings. The fraction of sp³-hybridized carbons (Fsp3) is 0.250. The Morgan fingerprint density at radius 1 is 0.706 bits per heavy atom. The van der Waals surface area contributed by atoms with Crippen molar-refractivity contribution < 1.29 is 21.2 Å². The molecular formula is C16H18I-. The van der Waals surface area contributed by atoms with Crippen molar-refractivity contribution in [2.24, 2.45) is 0 Å². The molecule has 0 fully saturated rings. The second kappa shape index (κ2) is 5.21. The van der Waals surface area contributed by atoms with Gasteiger partial charge in [0.05, 0.1) is 0 Å². The van der Waals surface area contributed by atoms with Gasteiger partial charge in [-0.05, 0) is 0 Å². The van der Waals surface area contributed by atoms with E-state index in [1.54, 1.807) is 0 Å². The van der Waals surface area contributed by atoms with Crippen LogP contribution in [0.1, 0.15) is 26.3 Å². The fourth-order valence-corrected chi connectivity index (χ4v) is 3.83. The maximum absolute atomic E-state index is 2.29. The van der Waals surface area contributed by atoms with Crippen molar-refractivity contribution in [3.8, 4) is 0 Å². The average Bonchev–Trinajstić information content (AvgIpc) is 2.30. The van der Waals surface area contributed by atoms with Gasteiger partial charge in [-0.3, -0.25) is 0 Å². The first-order valence-corrected chi connectivity index (χ1v) is 8.02. The van der Waals surface area contributed by atoms with E-state index < -0.39 is 0 Å². The Morgan fingerprint density at radius 2 is 1.24 bits per heavy atom. The van der Waals surface area contributed by atoms with E-state index in [0.717, 1.165) is 0 Å². The Bertz CT molecular complexity index is 463. The Kier molecular flexibility index (Phi) is 3.87. The Labute approximate surface area is 114 Å². The number of rotatable bonds is 2. The van der Waals surface area contributed by atoms with Gasteiger partial charge in [0, 0.05) is 0 Å². The fourth-order valence-electron chi connectivity index (χ4n) is 1.62. The molecule has 0 heterocycles. The van der Waals surface area contributed by atoms with Gasteiger partial charge in [0.25, 0.3) is 0 Å². The SMILES string of the molecule is CC(C)(C)c1ccc([I-]c2ccccc2)cc1. The molecule has 17 heavy (non-hydrogen) atoms. The van der Waals surface area contributed by atoms with Crippen molar-refractivity contribution in [3.63, 3.8) is 0 Å². The summed E-state index contributed by atoms with van der Waals surface area (Å²) in [4.78, 5) is 0. The Morgan fingerprint density at radius 3 is 1.76 bits per heavy atom. The number of benzene rings is 2. The van der Waals surface area contributed by atoms with E-state index in [-0.39, 0.29) is 26.6 Å². The molecule has 0 amide bonds. The van der Waals surface area contributed by atoms with Gasteiger partial charge in [-0.25, -0.2) is 0 Å². The molecule has 0 saturated carbocycles. The predicted molar refractivity (Wildman–Crippen MR) is 69.0 cm³/mol. The molecule has 0 saturated heterocycles. The van der Waals surface area contributed by atoms with E-state index >= 15 is 0 Å². The molecule has 0 nitrogen and oxygen atoms in total. The molecular weight excluding hydrogens is 319 g/mol. The van der Waals surface area contributed by atoms with Gasteiger partial charge in [-0.15, -0.1) is 0 Å². The third-order valence-corrected chi connectivity index (χ3v) is 5.35. The molecule has 1 heteroatoms. The number of halogens is 1. The van der Waals surface area contributed by atoms with Crippen LogP contribution in [-0.4, -0.2) is 0 Å². The Balaban J connectivity index is 2.14. The van der Waals surface area contributed by atoms with Gasteiger partial charge in [0.15, 0.2) is 0 Å². The van der Waals surface area contributed by atoms with Crippen molar-refractivity contribution in [2.45, 2.75) is 26.2 Å².